The third kappa shape index (κ3) is 28.8. The summed E-state index contributed by atoms with van der Waals surface area (Å²) in [5.74, 6) is 0.640. The average molecular weight is 1970 g/mol. The van der Waals surface area contributed by atoms with E-state index in [2.05, 4.69) is 71.6 Å². The van der Waals surface area contributed by atoms with E-state index in [9.17, 15) is 24.3 Å². The highest BCUT2D eigenvalue weighted by atomic mass is 32.1. The van der Waals surface area contributed by atoms with Crippen LogP contribution in [0.4, 0.5) is 43.3 Å². The molecule has 4 amide bonds. The number of likely N-dealkylation sites (N-methyl/N-ethyl adjacent to an activating group) is 1. The number of anilines is 8. The Bertz CT molecular complexity index is 5930. The van der Waals surface area contributed by atoms with Gasteiger partial charge in [0.25, 0.3) is 0 Å². The number of carbonyl (C=O) groups excluding carboxylic acids is 4. The summed E-state index contributed by atoms with van der Waals surface area (Å²) in [6.45, 7) is 44.7. The molecular formula is C95H124N22O9S8. The minimum atomic E-state index is -0.495. The number of aryl methyl sites for hydroxylation is 4. The van der Waals surface area contributed by atoms with Gasteiger partial charge in [-0.2, -0.15) is 0 Å². The van der Waals surface area contributed by atoms with Crippen molar-refractivity contribution < 1.29 is 43.2 Å². The maximum Gasteiger partial charge on any atom is 0.248 e. The molecule has 0 spiro atoms. The van der Waals surface area contributed by atoms with Crippen molar-refractivity contribution in [1.82, 2.24) is 69.3 Å². The van der Waals surface area contributed by atoms with E-state index in [1.165, 1.54) is 71.0 Å². The number of amides is 4. The second-order valence-corrected chi connectivity index (χ2v) is 42.7. The summed E-state index contributed by atoms with van der Waals surface area (Å²) in [6, 6.07) is 21.1. The first-order valence-corrected chi connectivity index (χ1v) is 52.1. The van der Waals surface area contributed by atoms with Crippen LogP contribution in [-0.2, 0) is 26.2 Å². The van der Waals surface area contributed by atoms with Crippen molar-refractivity contribution in [3.8, 4) is 65.3 Å². The SMILES string of the molecule is Cc1nc(CN2CCC(O)CC2)sc1-c1csc(Nc2cc(C(N)=O)ccc2OC(C)C)n1.Cc1nc(CN2CCCCC2)sc1-c1csc(Nc2cc(C(N)=O)ccc2OC(C)C)n1.Cc1nc(CN2CCCN(C)CC2)sc1-c1csc(Nc2cc(C(N)=O)ccc2OC(C)C)n1.Cc1nc(CN2CCN(C(C)C)CC2)sc1-c1csc(Nc2cc(C(N)=O)ccc2OC(C)C)n1. The topological polar surface area (TPSA) is 400 Å². The van der Waals surface area contributed by atoms with Crippen LogP contribution in [0.15, 0.2) is 94.3 Å². The first-order chi connectivity index (χ1) is 64.1. The number of piperidine rings is 2. The van der Waals surface area contributed by atoms with Gasteiger partial charge in [0.05, 0.1) is 145 Å². The molecule has 4 aromatic carbocycles. The van der Waals surface area contributed by atoms with Gasteiger partial charge in [-0.3, -0.25) is 43.7 Å². The van der Waals surface area contributed by atoms with Gasteiger partial charge < -0.3 is 73.2 Å². The van der Waals surface area contributed by atoms with Crippen molar-refractivity contribution in [2.75, 3.05) is 107 Å². The second-order valence-electron chi connectivity index (χ2n) is 34.9. The monoisotopic (exact) mass is 1970 g/mol. The summed E-state index contributed by atoms with van der Waals surface area (Å²) in [5, 5.41) is 38.4. The van der Waals surface area contributed by atoms with Gasteiger partial charge in [0.2, 0.25) is 23.6 Å². The van der Waals surface area contributed by atoms with Crippen LogP contribution in [0.25, 0.3) is 42.3 Å². The van der Waals surface area contributed by atoms with Crippen LogP contribution >= 0.6 is 90.7 Å². The fourth-order valence-electron chi connectivity index (χ4n) is 15.4. The molecule has 4 aliphatic heterocycles. The number of piperazine rings is 1. The highest BCUT2D eigenvalue weighted by molar-refractivity contribution is 7.18. The summed E-state index contributed by atoms with van der Waals surface area (Å²) < 4.78 is 23.6. The van der Waals surface area contributed by atoms with Gasteiger partial charge >= 0.3 is 0 Å². The Hall–Kier alpha value is -10.1. The van der Waals surface area contributed by atoms with Gasteiger partial charge in [0.15, 0.2) is 20.5 Å². The number of primary amides is 4. The largest absolute Gasteiger partial charge is 0.489 e. The van der Waals surface area contributed by atoms with Crippen LogP contribution < -0.4 is 63.1 Å². The van der Waals surface area contributed by atoms with Gasteiger partial charge in [0, 0.05) is 102 Å². The Labute approximate surface area is 816 Å². The van der Waals surface area contributed by atoms with Gasteiger partial charge in [0.1, 0.15) is 43.0 Å². The molecule has 716 valence electrons. The lowest BCUT2D eigenvalue weighted by molar-refractivity contribution is 0.0791. The molecule has 0 unspecified atom stereocenters. The van der Waals surface area contributed by atoms with Crippen LogP contribution in [0.5, 0.6) is 23.0 Å². The zero-order valence-corrected chi connectivity index (χ0v) is 85.3. The number of nitrogens with zero attached hydrogens (tertiary/aromatic N) is 14. The zero-order chi connectivity index (χ0) is 95.6. The molecule has 31 nitrogen and oxygen atoms in total. The lowest BCUT2D eigenvalue weighted by Crippen LogP contribution is -2.48. The van der Waals surface area contributed by atoms with Crippen molar-refractivity contribution in [3.63, 3.8) is 0 Å². The van der Waals surface area contributed by atoms with Crippen molar-refractivity contribution in [2.45, 2.75) is 198 Å². The van der Waals surface area contributed by atoms with Crippen molar-refractivity contribution in [3.05, 3.63) is 159 Å². The maximum atomic E-state index is 11.7. The molecule has 39 heteroatoms. The van der Waals surface area contributed by atoms with E-state index < -0.39 is 23.6 Å². The number of rotatable bonds is 33. The molecule has 134 heavy (non-hydrogen) atoms. The summed E-state index contributed by atoms with van der Waals surface area (Å²) in [4.78, 5) is 104. The van der Waals surface area contributed by atoms with Gasteiger partial charge in [-0.25, -0.2) is 39.9 Å². The summed E-state index contributed by atoms with van der Waals surface area (Å²) in [7, 11) is 2.19. The predicted octanol–water partition coefficient (Wildman–Crippen LogP) is 18.4. The Morgan fingerprint density at radius 1 is 0.366 bits per heavy atom. The molecule has 12 heterocycles. The van der Waals surface area contributed by atoms with Crippen molar-refractivity contribution >= 4 is 158 Å². The van der Waals surface area contributed by atoms with Crippen LogP contribution in [0.3, 0.4) is 0 Å². The molecule has 4 fully saturated rings. The molecule has 0 saturated carbocycles. The molecular weight excluding hydrogens is 1850 g/mol. The van der Waals surface area contributed by atoms with E-state index in [-0.39, 0.29) is 30.5 Å². The Morgan fingerprint density at radius 2 is 0.634 bits per heavy atom. The van der Waals surface area contributed by atoms with Crippen LogP contribution in [0, 0.1) is 27.7 Å². The van der Waals surface area contributed by atoms with Gasteiger partial charge in [-0.05, 0) is 235 Å². The van der Waals surface area contributed by atoms with Crippen LogP contribution in [-0.4, -0.2) is 220 Å². The number of hydrogen-bond acceptors (Lipinski definition) is 35. The second kappa shape index (κ2) is 47.6. The van der Waals surface area contributed by atoms with E-state index >= 15 is 0 Å². The maximum absolute atomic E-state index is 11.7. The number of nitrogens with one attached hydrogen (secondary N) is 4. The number of benzene rings is 4. The zero-order valence-electron chi connectivity index (χ0n) is 78.8. The summed E-state index contributed by atoms with van der Waals surface area (Å²) in [6.07, 6.45) is 6.51. The van der Waals surface area contributed by atoms with Crippen molar-refractivity contribution in [1.29, 1.82) is 0 Å². The molecule has 0 atom stereocenters. The Morgan fingerprint density at radius 3 is 0.918 bits per heavy atom. The minimum Gasteiger partial charge on any atom is -0.489 e. The molecule has 4 aliphatic rings. The third-order valence-corrected chi connectivity index (χ3v) is 29.9. The molecule has 12 aromatic rings. The number of aliphatic hydroxyl groups is 1. The van der Waals surface area contributed by atoms with Crippen LogP contribution in [0.2, 0.25) is 0 Å². The number of likely N-dealkylation sites (tertiary alicyclic amines) is 2. The van der Waals surface area contributed by atoms with Crippen LogP contribution in [0.1, 0.15) is 192 Å². The molecule has 0 aliphatic carbocycles. The average Bonchev–Trinajstić information content (AvgIpc) is 1.12. The van der Waals surface area contributed by atoms with E-state index in [1.807, 2.05) is 105 Å². The first kappa shape index (κ1) is 101. The smallest absolute Gasteiger partial charge is 0.248 e. The Kier molecular flexibility index (Phi) is 36.0. The molecule has 16 rings (SSSR count). The van der Waals surface area contributed by atoms with E-state index in [0.29, 0.717) is 79.2 Å². The standard InChI is InChI=1S/C25H34N6O2S2.C24H32N6O2S2.C23H29N5O3S2.C23H29N5O2S2/c1-15(2)31-10-8-30(9-11-31)13-22-27-17(5)23(35-22)20-14-34-25(29-20)28-19-12-18(24(26)32)6-7-21(19)33-16(3)4;1-15(2)32-20-7-6-17(23(25)31)12-18(20)27-24-28-19(14-33-24)22-16(3)26-21(34-22)13-30-9-5-8-29(4)10-11-30;1-13(2)31-19-5-4-15(22(24)30)10-17(19)26-23-27-18(12-32-23)21-14(3)25-20(33-21)11-28-8-6-16(29)7-9-28;1-14(2)30-19-8-7-16(22(24)29)11-17(19)26-23-27-18(13-31-23)21-15(3)25-20(32-21)12-28-9-5-4-6-10-28/h6-7,12,14-16H,8-11,13H2,1-5H3,(H2,26,32)(H,28,29);6-7,12,14-15H,5,8-11,13H2,1-4H3,(H2,25,31)(H,27,28);4-5,10,12-13,16,29H,6-9,11H2,1-3H3,(H2,24,30)(H,26,27);7-8,11,13-14H,4-6,9-10,12H2,1-3H3,(H2,24,29)(H,26,27). The fourth-order valence-corrected chi connectivity index (χ4v) is 22.9. The summed E-state index contributed by atoms with van der Waals surface area (Å²) in [5.41, 5.74) is 33.7. The number of ether oxygens (including phenoxy) is 4. The number of aromatic nitrogens is 8. The predicted molar refractivity (Wildman–Crippen MR) is 547 cm³/mol. The van der Waals surface area contributed by atoms with E-state index in [1.54, 1.807) is 118 Å². The minimum absolute atomic E-state index is 0.00000153. The van der Waals surface area contributed by atoms with Gasteiger partial charge in [-0.1, -0.05) is 6.42 Å². The molecule has 0 bridgehead atoms. The molecule has 4 saturated heterocycles. The quantitative estimate of drug-likeness (QED) is 0.0184. The molecule has 8 aromatic heterocycles. The number of nitrogens with two attached hydrogens (primary N) is 4. The summed E-state index contributed by atoms with van der Waals surface area (Å²) >= 11 is 12.8. The number of hydrogen-bond donors (Lipinski definition) is 9. The highest BCUT2D eigenvalue weighted by Crippen LogP contribution is 2.43. The number of aliphatic hydroxyl groups excluding tert-OH is 1. The number of carbonyl (C=O) groups is 4. The fraction of sp³-hybridized carbons (Fsp3) is 0.453. The first-order valence-electron chi connectivity index (χ1n) is 45.3. The lowest BCUT2D eigenvalue weighted by atomic mass is 10.1. The normalized spacial score (nSPS) is 15.1. The lowest BCUT2D eigenvalue weighted by Gasteiger charge is -2.36. The van der Waals surface area contributed by atoms with E-state index in [0.717, 1.165) is 218 Å². The van der Waals surface area contributed by atoms with Crippen molar-refractivity contribution in [2.24, 2.45) is 22.9 Å². The highest BCUT2D eigenvalue weighted by Gasteiger charge is 2.28. The van der Waals surface area contributed by atoms with E-state index in [4.69, 9.17) is 81.8 Å². The molecule has 13 N–H and O–H groups in total. The third-order valence-electron chi connectivity index (χ3n) is 22.2. The number of thiazole rings is 8. The Balaban J connectivity index is 0.000000152. The van der Waals surface area contributed by atoms with Gasteiger partial charge in [-0.15, -0.1) is 90.7 Å². The molecule has 0 radical (unpaired) electrons.